The van der Waals surface area contributed by atoms with E-state index in [1.807, 2.05) is 6.07 Å². The van der Waals surface area contributed by atoms with Crippen LogP contribution < -0.4 is 0 Å². The van der Waals surface area contributed by atoms with Crippen molar-refractivity contribution in [1.82, 2.24) is 0 Å². The van der Waals surface area contributed by atoms with Crippen LogP contribution in [0.15, 0.2) is 12.1 Å². The molecule has 2 rings (SSSR count). The van der Waals surface area contributed by atoms with Crippen LogP contribution in [0.3, 0.4) is 0 Å². The highest BCUT2D eigenvalue weighted by Gasteiger charge is 2.20. The molecule has 64 valence electrons. The number of nitrogens with zero attached hydrogens (tertiary/aromatic N) is 1. The number of Topliss-reactive ketones (excluding diaryl/α,β-unsaturated/α-hetero) is 1. The van der Waals surface area contributed by atoms with E-state index < -0.39 is 0 Å². The first-order valence-corrected chi connectivity index (χ1v) is 4.36. The molecule has 0 amide bonds. The number of halogens is 1. The Balaban J connectivity index is 2.66. The van der Waals surface area contributed by atoms with Gasteiger partial charge in [0.1, 0.15) is 6.07 Å². The molecule has 1 aromatic rings. The molecule has 0 radical (unpaired) electrons. The van der Waals surface area contributed by atoms with Gasteiger partial charge in [-0.3, -0.25) is 4.79 Å². The predicted octanol–water partition coefficient (Wildman–Crippen LogP) is 2.34. The molecule has 2 nitrogen and oxygen atoms in total. The van der Waals surface area contributed by atoms with E-state index in [2.05, 4.69) is 0 Å². The van der Waals surface area contributed by atoms with Gasteiger partial charge >= 0.3 is 0 Å². The van der Waals surface area contributed by atoms with Gasteiger partial charge in [0.15, 0.2) is 5.78 Å². The van der Waals surface area contributed by atoms with Gasteiger partial charge in [0.05, 0.1) is 10.6 Å². The minimum atomic E-state index is 0.114. The number of carbonyl (C=O) groups excluding carboxylic acids is 1. The first-order chi connectivity index (χ1) is 6.22. The molecule has 1 aromatic carbocycles. The highest BCUT2D eigenvalue weighted by Crippen LogP contribution is 2.27. The zero-order valence-electron chi connectivity index (χ0n) is 6.80. The Morgan fingerprint density at radius 2 is 2.15 bits per heavy atom. The van der Waals surface area contributed by atoms with Crippen LogP contribution in [0.5, 0.6) is 0 Å². The molecule has 1 aliphatic rings. The highest BCUT2D eigenvalue weighted by atomic mass is 35.5. The second-order valence-electron chi connectivity index (χ2n) is 3.02. The average Bonchev–Trinajstić information content (AvgIpc) is 2.46. The summed E-state index contributed by atoms with van der Waals surface area (Å²) >= 11 is 5.82. The molecule has 0 saturated carbocycles. The van der Waals surface area contributed by atoms with E-state index in [9.17, 15) is 4.79 Å². The van der Waals surface area contributed by atoms with E-state index in [1.54, 1.807) is 12.1 Å². The first kappa shape index (κ1) is 8.28. The fourth-order valence-corrected chi connectivity index (χ4v) is 1.78. The molecule has 0 fully saturated rings. The Hall–Kier alpha value is -1.33. The minimum absolute atomic E-state index is 0.114. The number of ketones is 1. The van der Waals surface area contributed by atoms with Crippen LogP contribution in [0.2, 0.25) is 5.02 Å². The largest absolute Gasteiger partial charge is 0.294 e. The molecule has 0 N–H and O–H groups in total. The summed E-state index contributed by atoms with van der Waals surface area (Å²) in [6.07, 6.45) is 1.29. The van der Waals surface area contributed by atoms with Gasteiger partial charge in [0, 0.05) is 12.0 Å². The van der Waals surface area contributed by atoms with Crippen LogP contribution in [0, 0.1) is 11.3 Å². The van der Waals surface area contributed by atoms with Crippen molar-refractivity contribution < 1.29 is 4.79 Å². The SMILES string of the molecule is N#Cc1cc2c(cc1Cl)CCC2=O. The normalized spacial score (nSPS) is 14.0. The summed E-state index contributed by atoms with van der Waals surface area (Å²) in [7, 11) is 0. The number of nitriles is 1. The van der Waals surface area contributed by atoms with Crippen molar-refractivity contribution in [2.45, 2.75) is 12.8 Å². The molecule has 0 aliphatic heterocycles. The van der Waals surface area contributed by atoms with Gasteiger partial charge in [-0.1, -0.05) is 11.6 Å². The Morgan fingerprint density at radius 1 is 1.38 bits per heavy atom. The fraction of sp³-hybridized carbons (Fsp3) is 0.200. The number of fused-ring (bicyclic) bond motifs is 1. The molecule has 0 saturated heterocycles. The molecule has 0 bridgehead atoms. The Kier molecular flexibility index (Phi) is 1.82. The smallest absolute Gasteiger partial charge is 0.163 e. The van der Waals surface area contributed by atoms with E-state index in [-0.39, 0.29) is 5.78 Å². The lowest BCUT2D eigenvalue weighted by atomic mass is 10.1. The lowest BCUT2D eigenvalue weighted by Crippen LogP contribution is -1.92. The van der Waals surface area contributed by atoms with Crippen molar-refractivity contribution in [3.63, 3.8) is 0 Å². The topological polar surface area (TPSA) is 40.9 Å². The van der Waals surface area contributed by atoms with Crippen LogP contribution in [0.25, 0.3) is 0 Å². The van der Waals surface area contributed by atoms with Gasteiger partial charge in [0.25, 0.3) is 0 Å². The summed E-state index contributed by atoms with van der Waals surface area (Å²) in [6, 6.07) is 5.27. The molecule has 0 heterocycles. The van der Waals surface area contributed by atoms with E-state index in [0.717, 1.165) is 12.0 Å². The quantitative estimate of drug-likeness (QED) is 0.632. The number of hydrogen-bond donors (Lipinski definition) is 0. The third kappa shape index (κ3) is 1.22. The van der Waals surface area contributed by atoms with Crippen molar-refractivity contribution in [2.24, 2.45) is 0 Å². The van der Waals surface area contributed by atoms with E-state index >= 15 is 0 Å². The monoisotopic (exact) mass is 191 g/mol. The minimum Gasteiger partial charge on any atom is -0.294 e. The second-order valence-corrected chi connectivity index (χ2v) is 3.43. The van der Waals surface area contributed by atoms with Gasteiger partial charge in [-0.25, -0.2) is 0 Å². The Bertz CT molecular complexity index is 431. The van der Waals surface area contributed by atoms with Gasteiger partial charge in [-0.15, -0.1) is 0 Å². The second kappa shape index (κ2) is 2.86. The van der Waals surface area contributed by atoms with E-state index in [0.29, 0.717) is 22.6 Å². The highest BCUT2D eigenvalue weighted by molar-refractivity contribution is 6.32. The molecular formula is C10H6ClNO. The van der Waals surface area contributed by atoms with Gasteiger partial charge in [0.2, 0.25) is 0 Å². The fourth-order valence-electron chi connectivity index (χ4n) is 1.55. The van der Waals surface area contributed by atoms with Crippen molar-refractivity contribution >= 4 is 17.4 Å². The van der Waals surface area contributed by atoms with Gasteiger partial charge in [-0.2, -0.15) is 5.26 Å². The van der Waals surface area contributed by atoms with Crippen molar-refractivity contribution in [3.05, 3.63) is 33.8 Å². The standard InChI is InChI=1S/C10H6ClNO/c11-9-4-6-1-2-10(13)8(6)3-7(9)5-12/h3-4H,1-2H2. The van der Waals surface area contributed by atoms with E-state index in [4.69, 9.17) is 16.9 Å². The van der Waals surface area contributed by atoms with Crippen LogP contribution in [-0.4, -0.2) is 5.78 Å². The predicted molar refractivity (Wildman–Crippen MR) is 48.8 cm³/mol. The molecule has 13 heavy (non-hydrogen) atoms. The maximum absolute atomic E-state index is 11.3. The lowest BCUT2D eigenvalue weighted by Gasteiger charge is -1.99. The van der Waals surface area contributed by atoms with Crippen LogP contribution >= 0.6 is 11.6 Å². The van der Waals surface area contributed by atoms with Crippen molar-refractivity contribution in [3.8, 4) is 6.07 Å². The summed E-state index contributed by atoms with van der Waals surface area (Å²) < 4.78 is 0. The molecule has 0 atom stereocenters. The number of aryl methyl sites for hydroxylation is 1. The summed E-state index contributed by atoms with van der Waals surface area (Å²) in [5.74, 6) is 0.114. The number of benzene rings is 1. The third-order valence-electron chi connectivity index (χ3n) is 2.24. The van der Waals surface area contributed by atoms with E-state index in [1.165, 1.54) is 0 Å². The maximum Gasteiger partial charge on any atom is 0.163 e. The van der Waals surface area contributed by atoms with Crippen molar-refractivity contribution in [2.75, 3.05) is 0 Å². The molecule has 1 aliphatic carbocycles. The Labute approximate surface area is 80.7 Å². The average molecular weight is 192 g/mol. The maximum atomic E-state index is 11.3. The van der Waals surface area contributed by atoms with Crippen molar-refractivity contribution in [1.29, 1.82) is 5.26 Å². The Morgan fingerprint density at radius 3 is 2.85 bits per heavy atom. The summed E-state index contributed by atoms with van der Waals surface area (Å²) in [6.45, 7) is 0. The molecule has 3 heteroatoms. The number of hydrogen-bond acceptors (Lipinski definition) is 2. The molecule has 0 unspecified atom stereocenters. The van der Waals surface area contributed by atoms with Crippen LogP contribution in [-0.2, 0) is 6.42 Å². The van der Waals surface area contributed by atoms with Crippen LogP contribution in [0.1, 0.15) is 27.9 Å². The summed E-state index contributed by atoms with van der Waals surface area (Å²) in [5.41, 5.74) is 2.02. The number of carbonyl (C=O) groups is 1. The van der Waals surface area contributed by atoms with Gasteiger partial charge < -0.3 is 0 Å². The summed E-state index contributed by atoms with van der Waals surface area (Å²) in [4.78, 5) is 11.3. The third-order valence-corrected chi connectivity index (χ3v) is 2.55. The molecule has 0 aromatic heterocycles. The molecule has 0 spiro atoms. The summed E-state index contributed by atoms with van der Waals surface area (Å²) in [5, 5.41) is 9.13. The van der Waals surface area contributed by atoms with Crippen LogP contribution in [0.4, 0.5) is 0 Å². The van der Waals surface area contributed by atoms with Gasteiger partial charge in [-0.05, 0) is 24.1 Å². The zero-order chi connectivity index (χ0) is 9.42. The molecular weight excluding hydrogens is 186 g/mol. The zero-order valence-corrected chi connectivity index (χ0v) is 7.56. The first-order valence-electron chi connectivity index (χ1n) is 3.98. The lowest BCUT2D eigenvalue weighted by molar-refractivity contribution is 0.0994. The number of rotatable bonds is 0.